The molecule has 1 aromatic rings. The van der Waals surface area contributed by atoms with Crippen molar-refractivity contribution in [3.63, 3.8) is 0 Å². The molecule has 1 aromatic carbocycles. The number of ether oxygens (including phenoxy) is 1. The van der Waals surface area contributed by atoms with Gasteiger partial charge in [-0.15, -0.1) is 0 Å². The standard InChI is InChI=1S/C31H51FN4O4S/c1-3-20-41(38,39)36-19-18-34-21-26(36)15-10-22-6-4-5-7-28(22)35-31(37)30(33)29(23-8-13-25(32)14-9-23)24-11-16-27(40-2)17-12-24/h8-9,13-14,22,24,26-30,34H,3-7,10-12,15-21,33H2,1-2H3,(H,35,37)/t22-,24-,26+,27-,28+,29+,30+/m1/s1. The molecule has 41 heavy (non-hydrogen) atoms. The summed E-state index contributed by atoms with van der Waals surface area (Å²) in [5, 5.41) is 6.70. The van der Waals surface area contributed by atoms with Crippen LogP contribution in [0, 0.1) is 17.7 Å². The predicted octanol–water partition coefficient (Wildman–Crippen LogP) is 3.91. The van der Waals surface area contributed by atoms with Crippen molar-refractivity contribution in [3.8, 4) is 0 Å². The normalized spacial score (nSPS) is 29.5. The van der Waals surface area contributed by atoms with Crippen LogP contribution in [0.25, 0.3) is 0 Å². The first-order valence-electron chi connectivity index (χ1n) is 15.8. The lowest BCUT2D eigenvalue weighted by molar-refractivity contribution is -0.124. The van der Waals surface area contributed by atoms with E-state index in [-0.39, 0.29) is 47.5 Å². The highest BCUT2D eigenvalue weighted by Crippen LogP contribution is 2.39. The van der Waals surface area contributed by atoms with Crippen LogP contribution in [0.2, 0.25) is 0 Å². The number of nitrogens with zero attached hydrogens (tertiary/aromatic N) is 1. The average molecular weight is 595 g/mol. The van der Waals surface area contributed by atoms with E-state index in [9.17, 15) is 17.6 Å². The molecular formula is C31H51FN4O4S. The molecule has 232 valence electrons. The van der Waals surface area contributed by atoms with Crippen molar-refractivity contribution in [2.45, 2.75) is 108 Å². The van der Waals surface area contributed by atoms with Crippen molar-refractivity contribution in [2.24, 2.45) is 17.6 Å². The van der Waals surface area contributed by atoms with Crippen LogP contribution in [0.5, 0.6) is 0 Å². The summed E-state index contributed by atoms with van der Waals surface area (Å²) in [7, 11) is -1.51. The van der Waals surface area contributed by atoms with E-state index >= 15 is 0 Å². The quantitative estimate of drug-likeness (QED) is 0.338. The number of amides is 1. The van der Waals surface area contributed by atoms with E-state index in [1.807, 2.05) is 6.92 Å². The SMILES string of the molecule is CCCS(=O)(=O)N1CCNC[C@@H]1CC[C@H]1CCCC[C@@H]1NC(=O)[C@@H](N)[C@@H](c1ccc(F)cc1)[C@H]1CC[C@H](OC)CC1. The fourth-order valence-corrected chi connectivity index (χ4v) is 9.22. The Labute approximate surface area is 246 Å². The molecule has 0 bridgehead atoms. The Balaban J connectivity index is 1.42. The number of hydrogen-bond donors (Lipinski definition) is 3. The molecule has 4 N–H and O–H groups in total. The molecule has 0 spiro atoms. The van der Waals surface area contributed by atoms with Crippen molar-refractivity contribution in [2.75, 3.05) is 32.5 Å². The van der Waals surface area contributed by atoms with Crippen LogP contribution < -0.4 is 16.4 Å². The van der Waals surface area contributed by atoms with Gasteiger partial charge in [0.1, 0.15) is 5.82 Å². The highest BCUT2D eigenvalue weighted by molar-refractivity contribution is 7.89. The molecule has 0 unspecified atom stereocenters. The number of nitrogens with two attached hydrogens (primary N) is 1. The van der Waals surface area contributed by atoms with Gasteiger partial charge in [0.15, 0.2) is 0 Å². The minimum atomic E-state index is -3.26. The molecule has 2 saturated carbocycles. The van der Waals surface area contributed by atoms with E-state index in [0.717, 1.165) is 69.8 Å². The van der Waals surface area contributed by atoms with Gasteiger partial charge in [0, 0.05) is 44.7 Å². The third-order valence-electron chi connectivity index (χ3n) is 9.73. The fourth-order valence-electron chi connectivity index (χ4n) is 7.46. The Morgan fingerprint density at radius 3 is 2.51 bits per heavy atom. The second-order valence-electron chi connectivity index (χ2n) is 12.4. The molecule has 5 atom stereocenters. The van der Waals surface area contributed by atoms with Gasteiger partial charge in [-0.3, -0.25) is 4.79 Å². The smallest absolute Gasteiger partial charge is 0.237 e. The number of sulfonamides is 1. The van der Waals surface area contributed by atoms with Crippen molar-refractivity contribution < 1.29 is 22.3 Å². The third kappa shape index (κ3) is 8.50. The molecule has 1 amide bonds. The number of nitrogens with one attached hydrogen (secondary N) is 2. The van der Waals surface area contributed by atoms with Gasteiger partial charge in [-0.25, -0.2) is 12.8 Å². The first-order valence-corrected chi connectivity index (χ1v) is 17.4. The van der Waals surface area contributed by atoms with E-state index in [0.29, 0.717) is 32.0 Å². The predicted molar refractivity (Wildman–Crippen MR) is 160 cm³/mol. The van der Waals surface area contributed by atoms with Gasteiger partial charge in [-0.05, 0) is 87.3 Å². The maximum absolute atomic E-state index is 13.8. The number of rotatable bonds is 12. The summed E-state index contributed by atoms with van der Waals surface area (Å²) in [6.07, 6.45) is 10.3. The molecule has 0 radical (unpaired) electrons. The molecule has 2 aliphatic carbocycles. The zero-order chi connectivity index (χ0) is 29.4. The number of halogens is 1. The maximum atomic E-state index is 13.8. The van der Waals surface area contributed by atoms with E-state index in [1.165, 1.54) is 12.1 Å². The van der Waals surface area contributed by atoms with Crippen LogP contribution in [0.1, 0.15) is 89.0 Å². The summed E-state index contributed by atoms with van der Waals surface area (Å²) in [6.45, 7) is 3.77. The lowest BCUT2D eigenvalue weighted by Crippen LogP contribution is -2.55. The first-order chi connectivity index (χ1) is 19.7. The van der Waals surface area contributed by atoms with Gasteiger partial charge < -0.3 is 21.1 Å². The molecule has 8 nitrogen and oxygen atoms in total. The zero-order valence-corrected chi connectivity index (χ0v) is 25.7. The van der Waals surface area contributed by atoms with Crippen molar-refractivity contribution in [1.29, 1.82) is 0 Å². The van der Waals surface area contributed by atoms with E-state index < -0.39 is 16.1 Å². The lowest BCUT2D eigenvalue weighted by atomic mass is 9.72. The van der Waals surface area contributed by atoms with Gasteiger partial charge in [-0.2, -0.15) is 4.31 Å². The van der Waals surface area contributed by atoms with Crippen LogP contribution in [0.3, 0.4) is 0 Å². The zero-order valence-electron chi connectivity index (χ0n) is 24.9. The summed E-state index contributed by atoms with van der Waals surface area (Å²) < 4.78 is 46.8. The number of carbonyl (C=O) groups is 1. The molecule has 3 fully saturated rings. The Bertz CT molecular complexity index is 1060. The third-order valence-corrected chi connectivity index (χ3v) is 11.8. The summed E-state index contributed by atoms with van der Waals surface area (Å²) in [5.41, 5.74) is 7.67. The highest BCUT2D eigenvalue weighted by atomic mass is 32.2. The topological polar surface area (TPSA) is 114 Å². The molecule has 1 saturated heterocycles. The molecular weight excluding hydrogens is 543 g/mol. The minimum Gasteiger partial charge on any atom is -0.381 e. The molecule has 1 heterocycles. The summed E-state index contributed by atoms with van der Waals surface area (Å²) >= 11 is 0. The van der Waals surface area contributed by atoms with Crippen LogP contribution in [0.4, 0.5) is 4.39 Å². The maximum Gasteiger partial charge on any atom is 0.237 e. The van der Waals surface area contributed by atoms with Gasteiger partial charge in [0.2, 0.25) is 15.9 Å². The van der Waals surface area contributed by atoms with E-state index in [1.54, 1.807) is 23.5 Å². The fraction of sp³-hybridized carbons (Fsp3) is 0.774. The van der Waals surface area contributed by atoms with Crippen LogP contribution in [-0.2, 0) is 19.6 Å². The first kappa shape index (κ1) is 32.3. The number of piperazine rings is 1. The summed E-state index contributed by atoms with van der Waals surface area (Å²) in [4.78, 5) is 13.7. The van der Waals surface area contributed by atoms with E-state index in [4.69, 9.17) is 10.5 Å². The molecule has 4 rings (SSSR count). The Hall–Kier alpha value is -1.59. The lowest BCUT2D eigenvalue weighted by Gasteiger charge is -2.39. The van der Waals surface area contributed by atoms with Crippen LogP contribution >= 0.6 is 0 Å². The largest absolute Gasteiger partial charge is 0.381 e. The molecule has 3 aliphatic rings. The second-order valence-corrected chi connectivity index (χ2v) is 14.4. The number of carbonyl (C=O) groups excluding carboxylic acids is 1. The van der Waals surface area contributed by atoms with Crippen molar-refractivity contribution in [1.82, 2.24) is 14.9 Å². The van der Waals surface area contributed by atoms with Crippen molar-refractivity contribution >= 4 is 15.9 Å². The van der Waals surface area contributed by atoms with Gasteiger partial charge in [0.25, 0.3) is 0 Å². The minimum absolute atomic E-state index is 0.0256. The Morgan fingerprint density at radius 2 is 1.83 bits per heavy atom. The van der Waals surface area contributed by atoms with Gasteiger partial charge in [0.05, 0.1) is 17.9 Å². The van der Waals surface area contributed by atoms with Crippen LogP contribution in [-0.4, -0.2) is 75.4 Å². The average Bonchev–Trinajstić information content (AvgIpc) is 2.98. The molecule has 0 aromatic heterocycles. The number of methoxy groups -OCH3 is 1. The molecule has 10 heteroatoms. The molecule has 1 aliphatic heterocycles. The second kappa shape index (κ2) is 15.2. The Morgan fingerprint density at radius 1 is 1.12 bits per heavy atom. The number of hydrogen-bond acceptors (Lipinski definition) is 6. The number of benzene rings is 1. The van der Waals surface area contributed by atoms with Crippen LogP contribution in [0.15, 0.2) is 24.3 Å². The van der Waals surface area contributed by atoms with Gasteiger partial charge in [-0.1, -0.05) is 31.9 Å². The van der Waals surface area contributed by atoms with Crippen molar-refractivity contribution in [3.05, 3.63) is 35.6 Å². The van der Waals surface area contributed by atoms with E-state index in [2.05, 4.69) is 10.6 Å². The summed E-state index contributed by atoms with van der Waals surface area (Å²) in [5.74, 6) is 0.0698. The highest BCUT2D eigenvalue weighted by Gasteiger charge is 2.38. The monoisotopic (exact) mass is 594 g/mol. The summed E-state index contributed by atoms with van der Waals surface area (Å²) in [6, 6.07) is 5.70. The Kier molecular flexibility index (Phi) is 12.0. The van der Waals surface area contributed by atoms with Gasteiger partial charge >= 0.3 is 0 Å².